The number of nitrogens with two attached hydrogens (primary N) is 2. The topological polar surface area (TPSA) is 149 Å². The fourth-order valence-corrected chi connectivity index (χ4v) is 2.90. The lowest BCUT2D eigenvalue weighted by atomic mass is 9.92. The Hall–Kier alpha value is -4.08. The molecule has 0 saturated carbocycles. The highest BCUT2D eigenvalue weighted by Gasteiger charge is 2.33. The number of carbonyl (C=O) groups is 2. The third-order valence-corrected chi connectivity index (χ3v) is 4.61. The van der Waals surface area contributed by atoms with Gasteiger partial charge in [0, 0.05) is 12.1 Å². The minimum Gasteiger partial charge on any atom is -0.368 e. The predicted octanol–water partition coefficient (Wildman–Crippen LogP) is 2.06. The fraction of sp³-hybridized carbons (Fsp3) is 0.190. The normalized spacial score (nSPS) is 12.6. The number of hydrogen-bond donors (Lipinski definition) is 4. The van der Waals surface area contributed by atoms with Crippen molar-refractivity contribution in [2.24, 2.45) is 11.5 Å². The van der Waals surface area contributed by atoms with Crippen molar-refractivity contribution in [3.63, 3.8) is 0 Å². The Labute approximate surface area is 178 Å². The summed E-state index contributed by atoms with van der Waals surface area (Å²) in [5.74, 6) is -1.95. The molecule has 10 heteroatoms. The zero-order chi connectivity index (χ0) is 22.6. The summed E-state index contributed by atoms with van der Waals surface area (Å²) in [7, 11) is 0. The van der Waals surface area contributed by atoms with Crippen molar-refractivity contribution in [2.75, 3.05) is 10.6 Å². The van der Waals surface area contributed by atoms with Crippen LogP contribution in [0.4, 0.5) is 21.8 Å². The van der Waals surface area contributed by atoms with Crippen LogP contribution in [0.1, 0.15) is 28.5 Å². The molecule has 3 rings (SSSR count). The molecule has 0 radical (unpaired) electrons. The van der Waals surface area contributed by atoms with Gasteiger partial charge < -0.3 is 22.1 Å². The van der Waals surface area contributed by atoms with Gasteiger partial charge in [-0.3, -0.25) is 9.59 Å². The number of aromatic nitrogens is 3. The second-order valence-corrected chi connectivity index (χ2v) is 7.32. The number of rotatable bonds is 8. The van der Waals surface area contributed by atoms with Crippen LogP contribution in [0.15, 0.2) is 48.5 Å². The second kappa shape index (κ2) is 8.74. The Morgan fingerprint density at radius 2 is 1.81 bits per heavy atom. The molecule has 1 heterocycles. The van der Waals surface area contributed by atoms with Gasteiger partial charge in [-0.05, 0) is 43.7 Å². The number of halogens is 1. The first-order valence-electron chi connectivity index (χ1n) is 9.37. The van der Waals surface area contributed by atoms with Gasteiger partial charge in [0.2, 0.25) is 11.9 Å². The van der Waals surface area contributed by atoms with Crippen LogP contribution in [0.25, 0.3) is 0 Å². The fourth-order valence-electron chi connectivity index (χ4n) is 2.90. The Kier molecular flexibility index (Phi) is 6.10. The molecule has 31 heavy (non-hydrogen) atoms. The molecular weight excluding hydrogens is 401 g/mol. The van der Waals surface area contributed by atoms with Crippen LogP contribution in [0.2, 0.25) is 0 Å². The van der Waals surface area contributed by atoms with Crippen LogP contribution < -0.4 is 22.1 Å². The van der Waals surface area contributed by atoms with Gasteiger partial charge in [0.15, 0.2) is 11.5 Å². The van der Waals surface area contributed by atoms with E-state index in [0.717, 1.165) is 5.56 Å². The monoisotopic (exact) mass is 423 g/mol. The van der Waals surface area contributed by atoms with Gasteiger partial charge in [0.25, 0.3) is 5.91 Å². The van der Waals surface area contributed by atoms with Crippen LogP contribution in [0, 0.1) is 12.7 Å². The molecule has 2 amide bonds. The summed E-state index contributed by atoms with van der Waals surface area (Å²) in [6, 6.07) is 13.2. The van der Waals surface area contributed by atoms with Gasteiger partial charge in [-0.15, -0.1) is 10.2 Å². The van der Waals surface area contributed by atoms with Crippen LogP contribution in [-0.4, -0.2) is 32.5 Å². The number of anilines is 3. The van der Waals surface area contributed by atoms with Gasteiger partial charge >= 0.3 is 0 Å². The van der Waals surface area contributed by atoms with Gasteiger partial charge in [0.1, 0.15) is 11.4 Å². The Morgan fingerprint density at radius 3 is 2.42 bits per heavy atom. The summed E-state index contributed by atoms with van der Waals surface area (Å²) in [5, 5.41) is 13.5. The smallest absolute Gasteiger partial charge is 0.273 e. The summed E-state index contributed by atoms with van der Waals surface area (Å²) in [4.78, 5) is 28.2. The highest BCUT2D eigenvalue weighted by Crippen LogP contribution is 2.22. The molecule has 0 spiro atoms. The molecule has 0 bridgehead atoms. The van der Waals surface area contributed by atoms with Crippen molar-refractivity contribution in [1.82, 2.24) is 15.2 Å². The molecule has 1 atom stereocenters. The highest BCUT2D eigenvalue weighted by molar-refractivity contribution is 5.96. The zero-order valence-electron chi connectivity index (χ0n) is 17.0. The van der Waals surface area contributed by atoms with E-state index in [0.29, 0.717) is 11.3 Å². The number of aryl methyl sites for hydroxylation is 1. The molecule has 0 aliphatic rings. The number of amides is 2. The Bertz CT molecular complexity index is 1120. The van der Waals surface area contributed by atoms with Crippen molar-refractivity contribution in [2.45, 2.75) is 25.8 Å². The third-order valence-electron chi connectivity index (χ3n) is 4.61. The number of hydrogen-bond acceptors (Lipinski definition) is 7. The van der Waals surface area contributed by atoms with E-state index in [1.807, 2.05) is 19.1 Å². The molecule has 9 nitrogen and oxygen atoms in total. The quantitative estimate of drug-likeness (QED) is 0.433. The van der Waals surface area contributed by atoms with Gasteiger partial charge in [-0.2, -0.15) is 4.98 Å². The van der Waals surface area contributed by atoms with Crippen LogP contribution in [-0.2, 0) is 11.2 Å². The Balaban J connectivity index is 1.92. The SMILES string of the molecule is Cc1ccc(Nc2nc(NC(C)(Cc3cccc(F)c3)C(N)=O)nnc2C(N)=O)cc1. The number of nitrogens with one attached hydrogen (secondary N) is 2. The Morgan fingerprint density at radius 1 is 1.10 bits per heavy atom. The van der Waals surface area contributed by atoms with E-state index in [4.69, 9.17) is 11.5 Å². The molecular formula is C21H22FN7O2. The van der Waals surface area contributed by atoms with E-state index in [-0.39, 0.29) is 23.9 Å². The van der Waals surface area contributed by atoms with Crippen LogP contribution >= 0.6 is 0 Å². The lowest BCUT2D eigenvalue weighted by molar-refractivity contribution is -0.121. The van der Waals surface area contributed by atoms with E-state index < -0.39 is 23.2 Å². The first-order valence-corrected chi connectivity index (χ1v) is 9.37. The summed E-state index contributed by atoms with van der Waals surface area (Å²) >= 11 is 0. The van der Waals surface area contributed by atoms with Gasteiger partial charge in [-0.1, -0.05) is 29.8 Å². The van der Waals surface area contributed by atoms with E-state index in [9.17, 15) is 14.0 Å². The molecule has 6 N–H and O–H groups in total. The average molecular weight is 423 g/mol. The molecule has 3 aromatic rings. The van der Waals surface area contributed by atoms with Gasteiger partial charge in [-0.25, -0.2) is 4.39 Å². The van der Waals surface area contributed by atoms with Crippen molar-refractivity contribution in [3.8, 4) is 0 Å². The molecule has 1 aromatic heterocycles. The minimum atomic E-state index is -1.36. The largest absolute Gasteiger partial charge is 0.368 e. The van der Waals surface area contributed by atoms with Crippen molar-refractivity contribution in [3.05, 3.63) is 71.2 Å². The standard InChI is InChI=1S/C21H22FN7O2/c1-12-6-8-15(9-7-12)25-18-16(17(23)30)28-29-20(26-18)27-21(2,19(24)31)11-13-4-3-5-14(22)10-13/h3-10H,11H2,1-2H3,(H2,23,30)(H2,24,31)(H2,25,26,27,29). The lowest BCUT2D eigenvalue weighted by Crippen LogP contribution is -2.50. The number of primary amides is 2. The van der Waals surface area contributed by atoms with Crippen LogP contribution in [0.5, 0.6) is 0 Å². The van der Waals surface area contributed by atoms with Crippen LogP contribution in [0.3, 0.4) is 0 Å². The first kappa shape index (κ1) is 21.6. The van der Waals surface area contributed by atoms with Gasteiger partial charge in [0.05, 0.1) is 0 Å². The highest BCUT2D eigenvalue weighted by atomic mass is 19.1. The minimum absolute atomic E-state index is 0.0580. The number of carbonyl (C=O) groups excluding carboxylic acids is 2. The van der Waals surface area contributed by atoms with Crippen molar-refractivity contribution >= 4 is 29.3 Å². The average Bonchev–Trinajstić information content (AvgIpc) is 2.69. The maximum atomic E-state index is 13.6. The second-order valence-electron chi connectivity index (χ2n) is 7.32. The predicted molar refractivity (Wildman–Crippen MR) is 114 cm³/mol. The molecule has 1 unspecified atom stereocenters. The third kappa shape index (κ3) is 5.30. The molecule has 0 saturated heterocycles. The first-order chi connectivity index (χ1) is 14.7. The molecule has 0 aliphatic heterocycles. The molecule has 160 valence electrons. The summed E-state index contributed by atoms with van der Waals surface area (Å²) in [5.41, 5.74) is 11.7. The van der Waals surface area contributed by atoms with Crippen molar-refractivity contribution < 1.29 is 14.0 Å². The molecule has 2 aromatic carbocycles. The lowest BCUT2D eigenvalue weighted by Gasteiger charge is -2.27. The molecule has 0 fully saturated rings. The van der Waals surface area contributed by atoms with E-state index >= 15 is 0 Å². The number of nitrogens with zero attached hydrogens (tertiary/aromatic N) is 3. The van der Waals surface area contributed by atoms with E-state index in [1.54, 1.807) is 25.1 Å². The summed E-state index contributed by atoms with van der Waals surface area (Å²) in [6.07, 6.45) is 0.0712. The van der Waals surface area contributed by atoms with E-state index in [2.05, 4.69) is 25.8 Å². The van der Waals surface area contributed by atoms with E-state index in [1.165, 1.54) is 18.2 Å². The summed E-state index contributed by atoms with van der Waals surface area (Å²) in [6.45, 7) is 3.48. The molecule has 0 aliphatic carbocycles. The maximum Gasteiger partial charge on any atom is 0.273 e. The maximum absolute atomic E-state index is 13.6. The number of benzene rings is 2. The zero-order valence-corrected chi connectivity index (χ0v) is 17.0. The van der Waals surface area contributed by atoms with Crippen molar-refractivity contribution in [1.29, 1.82) is 0 Å². The summed E-state index contributed by atoms with van der Waals surface area (Å²) < 4.78 is 13.6.